The van der Waals surface area contributed by atoms with Gasteiger partial charge in [-0.25, -0.2) is 4.99 Å². The second kappa shape index (κ2) is 12.8. The molecule has 0 unspecified atom stereocenters. The van der Waals surface area contributed by atoms with E-state index in [1.165, 1.54) is 38.9 Å². The Kier molecular flexibility index (Phi) is 11.5. The van der Waals surface area contributed by atoms with Gasteiger partial charge < -0.3 is 15.5 Å². The number of hydrogen-bond acceptors (Lipinski definition) is 2. The van der Waals surface area contributed by atoms with Gasteiger partial charge in [-0.1, -0.05) is 36.7 Å². The molecule has 142 valence electrons. The second-order valence-corrected chi connectivity index (χ2v) is 6.79. The molecule has 25 heavy (non-hydrogen) atoms. The van der Waals surface area contributed by atoms with Crippen molar-refractivity contribution in [3.05, 3.63) is 34.9 Å². The molecule has 2 rings (SSSR count). The van der Waals surface area contributed by atoms with Gasteiger partial charge in [0.05, 0.1) is 6.54 Å². The summed E-state index contributed by atoms with van der Waals surface area (Å²) in [5, 5.41) is 7.56. The molecule has 0 radical (unpaired) electrons. The van der Waals surface area contributed by atoms with Crippen LogP contribution >= 0.6 is 35.6 Å². The molecule has 0 amide bonds. The van der Waals surface area contributed by atoms with Crippen LogP contribution in [0.25, 0.3) is 0 Å². The first-order chi connectivity index (χ1) is 11.7. The van der Waals surface area contributed by atoms with Crippen LogP contribution < -0.4 is 10.6 Å². The van der Waals surface area contributed by atoms with Crippen molar-refractivity contribution in [2.75, 3.05) is 32.7 Å². The van der Waals surface area contributed by atoms with Gasteiger partial charge in [-0.05, 0) is 63.4 Å². The summed E-state index contributed by atoms with van der Waals surface area (Å²) in [6.45, 7) is 10.5. The van der Waals surface area contributed by atoms with Crippen molar-refractivity contribution in [2.45, 2.75) is 39.7 Å². The molecule has 1 fully saturated rings. The van der Waals surface area contributed by atoms with Crippen LogP contribution in [0.1, 0.15) is 38.7 Å². The summed E-state index contributed by atoms with van der Waals surface area (Å²) in [4.78, 5) is 7.19. The van der Waals surface area contributed by atoms with Gasteiger partial charge >= 0.3 is 0 Å². The normalized spacial score (nSPS) is 16.4. The molecule has 0 bridgehead atoms. The van der Waals surface area contributed by atoms with Crippen LogP contribution in [0.5, 0.6) is 0 Å². The number of aliphatic imine (C=N–C) groups is 1. The van der Waals surface area contributed by atoms with Crippen molar-refractivity contribution in [3.63, 3.8) is 0 Å². The van der Waals surface area contributed by atoms with Crippen LogP contribution in [-0.4, -0.2) is 43.6 Å². The average Bonchev–Trinajstić information content (AvgIpc) is 2.61. The van der Waals surface area contributed by atoms with Crippen LogP contribution in [-0.2, 0) is 6.54 Å². The summed E-state index contributed by atoms with van der Waals surface area (Å²) in [6.07, 6.45) is 3.86. The van der Waals surface area contributed by atoms with Gasteiger partial charge in [-0.15, -0.1) is 24.0 Å². The Morgan fingerprint density at radius 3 is 2.56 bits per heavy atom. The van der Waals surface area contributed by atoms with Crippen molar-refractivity contribution in [1.29, 1.82) is 0 Å². The van der Waals surface area contributed by atoms with E-state index in [2.05, 4.69) is 34.4 Å². The van der Waals surface area contributed by atoms with Gasteiger partial charge in [0.2, 0.25) is 0 Å². The maximum Gasteiger partial charge on any atom is 0.191 e. The Balaban J connectivity index is 0.00000312. The predicted octanol–water partition coefficient (Wildman–Crippen LogP) is 4.14. The third-order valence-corrected chi connectivity index (χ3v) is 5.08. The fourth-order valence-electron chi connectivity index (χ4n) is 3.12. The Hall–Kier alpha value is -0.530. The molecule has 0 spiro atoms. The zero-order valence-corrected chi connectivity index (χ0v) is 18.5. The van der Waals surface area contributed by atoms with Crippen molar-refractivity contribution in [3.8, 4) is 0 Å². The second-order valence-electron chi connectivity index (χ2n) is 6.38. The van der Waals surface area contributed by atoms with E-state index in [0.29, 0.717) is 6.54 Å². The third-order valence-electron chi connectivity index (χ3n) is 4.71. The van der Waals surface area contributed by atoms with Gasteiger partial charge in [0.25, 0.3) is 0 Å². The number of likely N-dealkylation sites (tertiary alicyclic amines) is 1. The molecule has 2 N–H and O–H groups in total. The Labute approximate surface area is 174 Å². The summed E-state index contributed by atoms with van der Waals surface area (Å²) in [5.41, 5.74) is 1.06. The number of halogens is 2. The highest BCUT2D eigenvalue weighted by Crippen LogP contribution is 2.19. The van der Waals surface area contributed by atoms with E-state index in [4.69, 9.17) is 11.6 Å². The Bertz CT molecular complexity index is 516. The van der Waals surface area contributed by atoms with E-state index in [1.54, 1.807) is 0 Å². The van der Waals surface area contributed by atoms with E-state index in [1.807, 2.05) is 24.3 Å². The fraction of sp³-hybridized carbons (Fsp3) is 0.632. The average molecular weight is 479 g/mol. The lowest BCUT2D eigenvalue weighted by molar-refractivity contribution is 0.187. The number of benzene rings is 1. The molecular weight excluding hydrogens is 447 g/mol. The maximum atomic E-state index is 6.20. The van der Waals surface area contributed by atoms with E-state index in [9.17, 15) is 0 Å². The maximum absolute atomic E-state index is 6.20. The number of piperidine rings is 1. The van der Waals surface area contributed by atoms with Crippen LogP contribution in [0.15, 0.2) is 29.3 Å². The van der Waals surface area contributed by atoms with Crippen molar-refractivity contribution in [2.24, 2.45) is 10.9 Å². The van der Waals surface area contributed by atoms with Gasteiger partial charge in [-0.2, -0.15) is 0 Å². The third kappa shape index (κ3) is 8.13. The van der Waals surface area contributed by atoms with E-state index >= 15 is 0 Å². The minimum Gasteiger partial charge on any atom is -0.357 e. The van der Waals surface area contributed by atoms with E-state index in [0.717, 1.165) is 35.6 Å². The highest BCUT2D eigenvalue weighted by atomic mass is 127. The monoisotopic (exact) mass is 478 g/mol. The van der Waals surface area contributed by atoms with Crippen molar-refractivity contribution in [1.82, 2.24) is 15.5 Å². The number of hydrogen-bond donors (Lipinski definition) is 2. The number of rotatable bonds is 7. The fourth-order valence-corrected chi connectivity index (χ4v) is 3.31. The molecule has 0 aromatic heterocycles. The molecule has 1 saturated heterocycles. The zero-order valence-electron chi connectivity index (χ0n) is 15.4. The lowest BCUT2D eigenvalue weighted by Crippen LogP contribution is -2.39. The topological polar surface area (TPSA) is 39.7 Å². The molecule has 0 atom stereocenters. The first-order valence-electron chi connectivity index (χ1n) is 9.20. The number of nitrogens with zero attached hydrogens (tertiary/aromatic N) is 2. The Morgan fingerprint density at radius 1 is 1.20 bits per heavy atom. The van der Waals surface area contributed by atoms with Gasteiger partial charge in [0, 0.05) is 18.1 Å². The lowest BCUT2D eigenvalue weighted by Gasteiger charge is -2.31. The molecule has 1 aliphatic rings. The van der Waals surface area contributed by atoms with Crippen LogP contribution in [0.4, 0.5) is 0 Å². The molecule has 1 aromatic carbocycles. The van der Waals surface area contributed by atoms with Gasteiger partial charge in [0.1, 0.15) is 0 Å². The van der Waals surface area contributed by atoms with Crippen LogP contribution in [0, 0.1) is 5.92 Å². The van der Waals surface area contributed by atoms with Crippen molar-refractivity contribution < 1.29 is 0 Å². The van der Waals surface area contributed by atoms with Gasteiger partial charge in [-0.3, -0.25) is 0 Å². The highest BCUT2D eigenvalue weighted by Gasteiger charge is 2.17. The largest absolute Gasteiger partial charge is 0.357 e. The molecule has 1 aliphatic heterocycles. The number of guanidine groups is 1. The predicted molar refractivity (Wildman–Crippen MR) is 119 cm³/mol. The van der Waals surface area contributed by atoms with Gasteiger partial charge in [0.15, 0.2) is 5.96 Å². The first kappa shape index (κ1) is 22.5. The summed E-state index contributed by atoms with van der Waals surface area (Å²) in [5.74, 6) is 1.72. The Morgan fingerprint density at radius 2 is 1.92 bits per heavy atom. The molecule has 0 saturated carbocycles. The molecule has 0 aliphatic carbocycles. The van der Waals surface area contributed by atoms with E-state index < -0.39 is 0 Å². The summed E-state index contributed by atoms with van der Waals surface area (Å²) < 4.78 is 0. The minimum atomic E-state index is 0. The van der Waals surface area contributed by atoms with Crippen LogP contribution in [0.2, 0.25) is 5.02 Å². The summed E-state index contributed by atoms with van der Waals surface area (Å²) >= 11 is 6.20. The molecule has 1 heterocycles. The molecule has 4 nitrogen and oxygen atoms in total. The first-order valence-corrected chi connectivity index (χ1v) is 9.58. The molecular formula is C19H32ClIN4. The summed E-state index contributed by atoms with van der Waals surface area (Å²) in [6, 6.07) is 7.88. The smallest absolute Gasteiger partial charge is 0.191 e. The molecule has 1 aromatic rings. The number of nitrogens with one attached hydrogen (secondary N) is 2. The highest BCUT2D eigenvalue weighted by molar-refractivity contribution is 14.0. The van der Waals surface area contributed by atoms with Crippen LogP contribution in [0.3, 0.4) is 0 Å². The zero-order chi connectivity index (χ0) is 17.2. The van der Waals surface area contributed by atoms with Crippen molar-refractivity contribution >= 4 is 41.5 Å². The van der Waals surface area contributed by atoms with E-state index in [-0.39, 0.29) is 24.0 Å². The quantitative estimate of drug-likeness (QED) is 0.352. The summed E-state index contributed by atoms with van der Waals surface area (Å²) in [7, 11) is 0. The SMILES string of the molecule is CCNC(=NCc1ccccc1Cl)NCCC1CCN(CC)CC1.I. The molecule has 6 heteroatoms. The minimum absolute atomic E-state index is 0. The standard InChI is InChI=1S/C19H31ClN4.HI/c1-3-21-19(23-15-17-7-5-6-8-18(17)20)22-12-9-16-10-13-24(4-2)14-11-16;/h5-8,16H,3-4,9-15H2,1-2H3,(H2,21,22,23);1H. The lowest BCUT2D eigenvalue weighted by atomic mass is 9.93.